The molecule has 0 spiro atoms. The number of ether oxygens (including phenoxy) is 3. The fourth-order valence-corrected chi connectivity index (χ4v) is 7.43. The highest BCUT2D eigenvalue weighted by molar-refractivity contribution is 8.14. The van der Waals surface area contributed by atoms with Crippen LogP contribution in [0.1, 0.15) is 88.6 Å². The number of Topliss-reactive ketones (excluding diaryl/α,β-unsaturated/α-hetero) is 1. The van der Waals surface area contributed by atoms with E-state index >= 15 is 0 Å². The summed E-state index contributed by atoms with van der Waals surface area (Å²) in [6.07, 6.45) is -12.5. The molecule has 1 saturated heterocycles. The predicted molar refractivity (Wildman–Crippen MR) is 167 cm³/mol. The number of halogens is 3. The lowest BCUT2D eigenvalue weighted by molar-refractivity contribution is -0.250. The second kappa shape index (κ2) is 13.9. The van der Waals surface area contributed by atoms with Crippen molar-refractivity contribution in [3.63, 3.8) is 0 Å². The molecule has 2 aliphatic carbocycles. The second-order valence-corrected chi connectivity index (χ2v) is 13.4. The SMILES string of the molecule is CCCC(=O)SCC(=O)[C@]1(O)Cc2c(O)c3c(c(O)c2[C@@H](OC2CC(NC(=O)C(F)(F)F)C(O)C(C)O2)C1)C(=O)c1c(OC)cccc1C3=O. The van der Waals surface area contributed by atoms with E-state index in [1.807, 2.05) is 0 Å². The third kappa shape index (κ3) is 6.71. The zero-order chi connectivity index (χ0) is 36.9. The van der Waals surface area contributed by atoms with Crippen LogP contribution in [0.25, 0.3) is 0 Å². The van der Waals surface area contributed by atoms with E-state index in [2.05, 4.69) is 0 Å². The van der Waals surface area contributed by atoms with Crippen molar-refractivity contribution in [3.05, 3.63) is 51.6 Å². The van der Waals surface area contributed by atoms with E-state index in [0.29, 0.717) is 18.2 Å². The lowest BCUT2D eigenvalue weighted by atomic mass is 9.72. The molecule has 2 aromatic carbocycles. The van der Waals surface area contributed by atoms with Crippen LogP contribution in [0.5, 0.6) is 17.2 Å². The average molecular weight is 726 g/mol. The van der Waals surface area contributed by atoms with Gasteiger partial charge in [-0.3, -0.25) is 24.0 Å². The largest absolute Gasteiger partial charge is 0.507 e. The Morgan fingerprint density at radius 1 is 1.10 bits per heavy atom. The number of thioether (sulfide) groups is 1. The average Bonchev–Trinajstić information content (AvgIpc) is 3.05. The van der Waals surface area contributed by atoms with E-state index in [0.717, 1.165) is 0 Å². The number of hydrogen-bond donors (Lipinski definition) is 5. The van der Waals surface area contributed by atoms with Crippen LogP contribution in [0.3, 0.4) is 0 Å². The van der Waals surface area contributed by atoms with E-state index < -0.39 is 113 Å². The van der Waals surface area contributed by atoms with Gasteiger partial charge in [-0.2, -0.15) is 13.2 Å². The Morgan fingerprint density at radius 2 is 1.78 bits per heavy atom. The molecule has 0 radical (unpaired) electrons. The molecular formula is C33H34F3NO12S. The number of methoxy groups -OCH3 is 1. The first kappa shape index (κ1) is 37.2. The molecule has 4 unspecified atom stereocenters. The van der Waals surface area contributed by atoms with Crippen LogP contribution in [0.4, 0.5) is 13.2 Å². The Morgan fingerprint density at radius 3 is 2.42 bits per heavy atom. The van der Waals surface area contributed by atoms with Gasteiger partial charge in [-0.25, -0.2) is 0 Å². The van der Waals surface area contributed by atoms with Crippen molar-refractivity contribution in [1.82, 2.24) is 5.32 Å². The zero-order valence-corrected chi connectivity index (χ0v) is 27.8. The smallest absolute Gasteiger partial charge is 0.471 e. The highest BCUT2D eigenvalue weighted by Gasteiger charge is 2.51. The van der Waals surface area contributed by atoms with Crippen LogP contribution in [-0.2, 0) is 30.3 Å². The van der Waals surface area contributed by atoms with Gasteiger partial charge in [0.1, 0.15) is 29.0 Å². The van der Waals surface area contributed by atoms with Gasteiger partial charge >= 0.3 is 12.1 Å². The van der Waals surface area contributed by atoms with Gasteiger partial charge in [-0.1, -0.05) is 30.8 Å². The van der Waals surface area contributed by atoms with Crippen LogP contribution in [0.15, 0.2) is 18.2 Å². The number of nitrogens with one attached hydrogen (secondary N) is 1. The number of carbonyl (C=O) groups excluding carboxylic acids is 5. The molecule has 0 bridgehead atoms. The number of benzene rings is 2. The van der Waals surface area contributed by atoms with E-state index in [9.17, 15) is 57.6 Å². The third-order valence-electron chi connectivity index (χ3n) is 9.01. The first-order chi connectivity index (χ1) is 23.4. The van der Waals surface area contributed by atoms with Gasteiger partial charge in [0.25, 0.3) is 0 Å². The topological polar surface area (TPSA) is 206 Å². The van der Waals surface area contributed by atoms with Crippen molar-refractivity contribution in [2.45, 2.75) is 88.4 Å². The number of phenolic OH excluding ortho intramolecular Hbond substituents is 2. The molecule has 1 amide bonds. The monoisotopic (exact) mass is 725 g/mol. The molecule has 5 N–H and O–H groups in total. The van der Waals surface area contributed by atoms with Gasteiger partial charge in [0, 0.05) is 42.4 Å². The molecule has 0 aromatic heterocycles. The Kier molecular flexibility index (Phi) is 10.4. The summed E-state index contributed by atoms with van der Waals surface area (Å²) >= 11 is 0.658. The maximum atomic E-state index is 13.9. The van der Waals surface area contributed by atoms with Crippen molar-refractivity contribution >= 4 is 40.1 Å². The lowest BCUT2D eigenvalue weighted by Gasteiger charge is -2.43. The Balaban J connectivity index is 1.59. The molecular weight excluding hydrogens is 691 g/mol. The Bertz CT molecular complexity index is 1760. The number of phenols is 2. The number of fused-ring (bicyclic) bond motifs is 3. The number of carbonyl (C=O) groups is 5. The quantitative estimate of drug-likeness (QED) is 0.202. The van der Waals surface area contributed by atoms with Crippen molar-refractivity contribution in [1.29, 1.82) is 0 Å². The minimum absolute atomic E-state index is 0.00102. The van der Waals surface area contributed by atoms with E-state index in [1.165, 1.54) is 32.2 Å². The molecule has 1 heterocycles. The van der Waals surface area contributed by atoms with Crippen LogP contribution in [-0.4, -0.2) is 98.0 Å². The molecule has 6 atom stereocenters. The number of hydrogen-bond acceptors (Lipinski definition) is 13. The van der Waals surface area contributed by atoms with Gasteiger partial charge < -0.3 is 40.0 Å². The summed E-state index contributed by atoms with van der Waals surface area (Å²) in [7, 11) is 1.26. The second-order valence-electron chi connectivity index (χ2n) is 12.3. The number of amides is 1. The number of aliphatic hydroxyl groups is 2. The summed E-state index contributed by atoms with van der Waals surface area (Å²) in [6, 6.07) is 2.62. The molecule has 13 nitrogen and oxygen atoms in total. The molecule has 1 fully saturated rings. The molecule has 1 aliphatic heterocycles. The first-order valence-electron chi connectivity index (χ1n) is 15.6. The van der Waals surface area contributed by atoms with E-state index in [-0.39, 0.29) is 39.5 Å². The summed E-state index contributed by atoms with van der Waals surface area (Å²) in [5.41, 5.74) is -4.59. The van der Waals surface area contributed by atoms with Gasteiger partial charge in [-0.05, 0) is 19.4 Å². The summed E-state index contributed by atoms with van der Waals surface area (Å²) in [5.74, 6) is -7.13. The number of alkyl halides is 3. The summed E-state index contributed by atoms with van der Waals surface area (Å²) < 4.78 is 56.1. The van der Waals surface area contributed by atoms with E-state index in [4.69, 9.17) is 14.2 Å². The number of ketones is 3. The van der Waals surface area contributed by atoms with Crippen molar-refractivity contribution < 1.29 is 71.8 Å². The van der Waals surface area contributed by atoms with Crippen molar-refractivity contribution in [3.8, 4) is 17.2 Å². The van der Waals surface area contributed by atoms with Crippen LogP contribution in [0, 0.1) is 0 Å². The normalized spacial score (nSPS) is 26.0. The molecule has 3 aliphatic rings. The summed E-state index contributed by atoms with van der Waals surface area (Å²) in [4.78, 5) is 65.0. The van der Waals surface area contributed by atoms with Crippen molar-refractivity contribution in [2.24, 2.45) is 0 Å². The van der Waals surface area contributed by atoms with Crippen LogP contribution < -0.4 is 10.1 Å². The van der Waals surface area contributed by atoms with Gasteiger partial charge in [0.15, 0.2) is 23.0 Å². The van der Waals surface area contributed by atoms with Crippen LogP contribution in [0.2, 0.25) is 0 Å². The fraction of sp³-hybridized carbons (Fsp3) is 0.485. The molecule has 270 valence electrons. The highest BCUT2D eigenvalue weighted by Crippen LogP contribution is 2.52. The maximum Gasteiger partial charge on any atom is 0.471 e. The third-order valence-corrected chi connectivity index (χ3v) is 9.94. The summed E-state index contributed by atoms with van der Waals surface area (Å²) in [5, 5.41) is 46.9. The standard InChI is InChI=1S/C33H34F3NO12S/c1-4-6-20(39)50-12-19(38)32(46)10-15-23(18(11-32)49-21-9-16(26(40)13(2)48-21)37-31(45)33(34,35)36)30(44)25-24(28(15)42)27(41)14-7-5-8-17(47-3)22(14)29(25)43/h5,7-8,13,16,18,21,26,40,42,44,46H,4,6,9-12H2,1-3H3,(H,37,45)/t13?,16?,18-,21?,26?,32-/m0/s1. The van der Waals surface area contributed by atoms with Gasteiger partial charge in [0.2, 0.25) is 5.78 Å². The number of aromatic hydroxyl groups is 2. The maximum absolute atomic E-state index is 13.9. The van der Waals surface area contributed by atoms with E-state index in [1.54, 1.807) is 12.2 Å². The molecule has 0 saturated carbocycles. The minimum atomic E-state index is -5.28. The van der Waals surface area contributed by atoms with Crippen LogP contribution >= 0.6 is 11.8 Å². The molecule has 17 heteroatoms. The lowest BCUT2D eigenvalue weighted by Crippen LogP contribution is -2.57. The molecule has 5 rings (SSSR count). The van der Waals surface area contributed by atoms with Gasteiger partial charge in [-0.15, -0.1) is 0 Å². The molecule has 2 aromatic rings. The summed E-state index contributed by atoms with van der Waals surface area (Å²) in [6.45, 7) is 3.05. The minimum Gasteiger partial charge on any atom is -0.507 e. The Labute approximate surface area is 287 Å². The fourth-order valence-electron chi connectivity index (χ4n) is 6.52. The number of aliphatic hydroxyl groups excluding tert-OH is 1. The van der Waals surface area contributed by atoms with Gasteiger partial charge in [0.05, 0.1) is 47.8 Å². The highest BCUT2D eigenvalue weighted by atomic mass is 32.2. The zero-order valence-electron chi connectivity index (χ0n) is 27.0. The number of rotatable bonds is 9. The Hall–Kier alpha value is -4.03. The molecule has 50 heavy (non-hydrogen) atoms. The first-order valence-corrected chi connectivity index (χ1v) is 16.6. The van der Waals surface area contributed by atoms with Crippen molar-refractivity contribution in [2.75, 3.05) is 12.9 Å². The predicted octanol–water partition coefficient (Wildman–Crippen LogP) is 2.79.